The van der Waals surface area contributed by atoms with Gasteiger partial charge in [-0.3, -0.25) is 19.8 Å². The zero-order chi connectivity index (χ0) is 23.4. The second-order valence-electron chi connectivity index (χ2n) is 8.74. The van der Waals surface area contributed by atoms with Crippen molar-refractivity contribution < 1.29 is 9.72 Å². The average molecular weight is 474 g/mol. The van der Waals surface area contributed by atoms with E-state index in [0.29, 0.717) is 12.0 Å². The minimum absolute atomic E-state index is 0.137. The number of rotatable bonds is 7. The first-order valence-corrected chi connectivity index (χ1v) is 12.3. The van der Waals surface area contributed by atoms with E-state index in [2.05, 4.69) is 25.3 Å². The van der Waals surface area contributed by atoms with Gasteiger partial charge in [-0.15, -0.1) is 10.2 Å². The molecule has 2 aliphatic heterocycles. The van der Waals surface area contributed by atoms with Crippen molar-refractivity contribution in [3.8, 4) is 0 Å². The molecule has 2 saturated heterocycles. The molecule has 1 aromatic carbocycles. The third-order valence-electron chi connectivity index (χ3n) is 6.41. The number of nitro groups is 1. The number of carbonyl (C=O) groups excluding carboxylic acids is 1. The molecule has 2 fully saturated rings. The van der Waals surface area contributed by atoms with Crippen molar-refractivity contribution >= 4 is 33.8 Å². The maximum Gasteiger partial charge on any atom is 0.272 e. The Kier molecular flexibility index (Phi) is 7.39. The number of hydrogen-bond acceptors (Lipinski definition) is 9. The molecule has 1 amide bonds. The van der Waals surface area contributed by atoms with Crippen molar-refractivity contribution in [1.82, 2.24) is 20.0 Å². The Morgan fingerprint density at radius 2 is 1.88 bits per heavy atom. The SMILES string of the molecule is Cc1nnc(N2CCN(CCC(=O)N3CCC(Nc4ccc([N+](=O)[O-])c(C)c4)CC3)CC2)s1. The summed E-state index contributed by atoms with van der Waals surface area (Å²) < 4.78 is 0. The van der Waals surface area contributed by atoms with Crippen molar-refractivity contribution in [3.63, 3.8) is 0 Å². The number of amides is 1. The smallest absolute Gasteiger partial charge is 0.272 e. The lowest BCUT2D eigenvalue weighted by atomic mass is 10.0. The Morgan fingerprint density at radius 3 is 2.48 bits per heavy atom. The highest BCUT2D eigenvalue weighted by Crippen LogP contribution is 2.24. The first kappa shape index (κ1) is 23.4. The van der Waals surface area contributed by atoms with Crippen molar-refractivity contribution in [2.24, 2.45) is 0 Å². The molecule has 0 radical (unpaired) electrons. The first-order chi connectivity index (χ1) is 15.9. The van der Waals surface area contributed by atoms with Crippen molar-refractivity contribution in [3.05, 3.63) is 38.9 Å². The number of benzene rings is 1. The van der Waals surface area contributed by atoms with Gasteiger partial charge in [0.2, 0.25) is 11.0 Å². The number of anilines is 2. The molecule has 0 atom stereocenters. The Morgan fingerprint density at radius 1 is 1.15 bits per heavy atom. The van der Waals surface area contributed by atoms with Crippen LogP contribution in [0.5, 0.6) is 0 Å². The number of nitrogens with zero attached hydrogens (tertiary/aromatic N) is 6. The highest BCUT2D eigenvalue weighted by Gasteiger charge is 2.25. The highest BCUT2D eigenvalue weighted by atomic mass is 32.1. The maximum absolute atomic E-state index is 12.7. The molecule has 2 aromatic rings. The fourth-order valence-corrected chi connectivity index (χ4v) is 5.19. The van der Waals surface area contributed by atoms with Gasteiger partial charge in [-0.2, -0.15) is 0 Å². The fraction of sp³-hybridized carbons (Fsp3) is 0.591. The van der Waals surface area contributed by atoms with Gasteiger partial charge in [0.25, 0.3) is 5.69 Å². The number of likely N-dealkylation sites (tertiary alicyclic amines) is 1. The van der Waals surface area contributed by atoms with E-state index in [1.54, 1.807) is 30.4 Å². The van der Waals surface area contributed by atoms with Crippen LogP contribution in [-0.4, -0.2) is 82.7 Å². The summed E-state index contributed by atoms with van der Waals surface area (Å²) in [7, 11) is 0. The van der Waals surface area contributed by atoms with Crippen molar-refractivity contribution in [1.29, 1.82) is 0 Å². The summed E-state index contributed by atoms with van der Waals surface area (Å²) in [5.74, 6) is 0.224. The van der Waals surface area contributed by atoms with E-state index in [-0.39, 0.29) is 22.6 Å². The van der Waals surface area contributed by atoms with E-state index < -0.39 is 0 Å². The minimum atomic E-state index is -0.359. The lowest BCUT2D eigenvalue weighted by Gasteiger charge is -2.35. The molecule has 0 bridgehead atoms. The summed E-state index contributed by atoms with van der Waals surface area (Å²) in [6, 6.07) is 5.40. The van der Waals surface area contributed by atoms with Crippen LogP contribution < -0.4 is 10.2 Å². The standard InChI is InChI=1S/C22H31N7O3S/c1-16-15-19(3-4-20(16)29(31)32)23-18-5-9-27(10-6-18)21(30)7-8-26-11-13-28(14-12-26)22-25-24-17(2)33-22/h3-4,15,18,23H,5-14H2,1-2H3. The largest absolute Gasteiger partial charge is 0.382 e. The fourth-order valence-electron chi connectivity index (χ4n) is 4.45. The summed E-state index contributed by atoms with van der Waals surface area (Å²) in [4.78, 5) is 30.0. The zero-order valence-corrected chi connectivity index (χ0v) is 20.0. The molecule has 2 aliphatic rings. The lowest BCUT2D eigenvalue weighted by molar-refractivity contribution is -0.385. The molecule has 0 aliphatic carbocycles. The number of nitrogens with one attached hydrogen (secondary N) is 1. The van der Waals surface area contributed by atoms with Crippen LogP contribution in [0.25, 0.3) is 0 Å². The van der Waals surface area contributed by atoms with Gasteiger partial charge in [0.1, 0.15) is 5.01 Å². The minimum Gasteiger partial charge on any atom is -0.382 e. The van der Waals surface area contributed by atoms with E-state index in [1.807, 2.05) is 17.9 Å². The monoisotopic (exact) mass is 473 g/mol. The van der Waals surface area contributed by atoms with Crippen LogP contribution >= 0.6 is 11.3 Å². The van der Waals surface area contributed by atoms with E-state index >= 15 is 0 Å². The van der Waals surface area contributed by atoms with E-state index in [0.717, 1.165) is 74.5 Å². The van der Waals surface area contributed by atoms with Crippen LogP contribution in [0.4, 0.5) is 16.5 Å². The highest BCUT2D eigenvalue weighted by molar-refractivity contribution is 7.15. The van der Waals surface area contributed by atoms with E-state index in [4.69, 9.17) is 0 Å². The van der Waals surface area contributed by atoms with Gasteiger partial charge in [0.15, 0.2) is 0 Å². The number of aromatic nitrogens is 2. The van der Waals surface area contributed by atoms with Gasteiger partial charge in [0, 0.05) is 75.6 Å². The Bertz CT molecular complexity index is 982. The molecule has 1 N–H and O–H groups in total. The molecule has 10 nitrogen and oxygen atoms in total. The molecule has 33 heavy (non-hydrogen) atoms. The second-order valence-corrected chi connectivity index (χ2v) is 9.90. The first-order valence-electron chi connectivity index (χ1n) is 11.5. The van der Waals surface area contributed by atoms with Crippen LogP contribution in [0.15, 0.2) is 18.2 Å². The number of nitro benzene ring substituents is 1. The Labute approximate surface area is 197 Å². The van der Waals surface area contributed by atoms with Gasteiger partial charge in [-0.05, 0) is 38.8 Å². The third-order valence-corrected chi connectivity index (χ3v) is 7.31. The molecule has 4 rings (SSSR count). The van der Waals surface area contributed by atoms with Gasteiger partial charge >= 0.3 is 0 Å². The van der Waals surface area contributed by atoms with Crippen LogP contribution in [0, 0.1) is 24.0 Å². The average Bonchev–Trinajstić information content (AvgIpc) is 3.24. The molecule has 0 spiro atoms. The third kappa shape index (κ3) is 5.97. The van der Waals surface area contributed by atoms with Crippen molar-refractivity contribution in [2.75, 3.05) is 56.0 Å². The summed E-state index contributed by atoms with van der Waals surface area (Å²) in [5.41, 5.74) is 1.68. The molecule has 1 aromatic heterocycles. The summed E-state index contributed by atoms with van der Waals surface area (Å²) in [6.07, 6.45) is 2.31. The van der Waals surface area contributed by atoms with Gasteiger partial charge < -0.3 is 15.1 Å². The Balaban J connectivity index is 1.16. The zero-order valence-electron chi connectivity index (χ0n) is 19.2. The molecular weight excluding hydrogens is 442 g/mol. The number of hydrogen-bond donors (Lipinski definition) is 1. The van der Waals surface area contributed by atoms with Crippen molar-refractivity contribution in [2.45, 2.75) is 39.2 Å². The Hall–Kier alpha value is -2.79. The molecular formula is C22H31N7O3S. The normalized spacial score (nSPS) is 17.9. The predicted octanol–water partition coefficient (Wildman–Crippen LogP) is 2.68. The predicted molar refractivity (Wildman–Crippen MR) is 129 cm³/mol. The molecule has 178 valence electrons. The molecule has 3 heterocycles. The molecule has 11 heteroatoms. The van der Waals surface area contributed by atoms with E-state index in [9.17, 15) is 14.9 Å². The summed E-state index contributed by atoms with van der Waals surface area (Å²) in [5, 5.41) is 24.8. The van der Waals surface area contributed by atoms with Crippen LogP contribution in [0.3, 0.4) is 0 Å². The van der Waals surface area contributed by atoms with Crippen LogP contribution in [0.2, 0.25) is 0 Å². The van der Waals surface area contributed by atoms with Gasteiger partial charge in [-0.25, -0.2) is 0 Å². The second kappa shape index (κ2) is 10.4. The number of piperidine rings is 1. The molecule has 0 saturated carbocycles. The number of carbonyl (C=O) groups is 1. The lowest BCUT2D eigenvalue weighted by Crippen LogP contribution is -2.48. The van der Waals surface area contributed by atoms with Crippen LogP contribution in [-0.2, 0) is 4.79 Å². The number of aryl methyl sites for hydroxylation is 2. The maximum atomic E-state index is 12.7. The van der Waals surface area contributed by atoms with Gasteiger partial charge in [-0.1, -0.05) is 11.3 Å². The van der Waals surface area contributed by atoms with E-state index in [1.165, 1.54) is 0 Å². The summed E-state index contributed by atoms with van der Waals surface area (Å²) in [6.45, 7) is 9.71. The topological polar surface area (TPSA) is 108 Å². The quantitative estimate of drug-likeness (QED) is 0.483. The molecule has 0 unspecified atom stereocenters. The van der Waals surface area contributed by atoms with Gasteiger partial charge in [0.05, 0.1) is 4.92 Å². The summed E-state index contributed by atoms with van der Waals surface area (Å²) >= 11 is 1.63. The number of piperazine rings is 1. The van der Waals surface area contributed by atoms with Crippen LogP contribution in [0.1, 0.15) is 29.8 Å².